The van der Waals surface area contributed by atoms with Gasteiger partial charge in [0.2, 0.25) is 6.07 Å². The number of nitrogens with zero attached hydrogens (tertiary/aromatic N) is 3. The van der Waals surface area contributed by atoms with Crippen LogP contribution < -0.4 is 29.6 Å². The van der Waals surface area contributed by atoms with Crippen molar-refractivity contribution in [2.45, 2.75) is 6.17 Å². The molecule has 0 rings (SSSR count). The van der Waals surface area contributed by atoms with Gasteiger partial charge in [-0.3, -0.25) is 20.2 Å². The fourth-order valence-corrected chi connectivity index (χ4v) is 0.171. The van der Waals surface area contributed by atoms with E-state index in [0.717, 1.165) is 6.07 Å². The van der Waals surface area contributed by atoms with Gasteiger partial charge in [0.05, 0.1) is 0 Å². The van der Waals surface area contributed by atoms with Gasteiger partial charge in [-0.15, -0.1) is 0 Å². The normalized spacial score (nSPS) is 7.60. The summed E-state index contributed by atoms with van der Waals surface area (Å²) in [6.07, 6.45) is -2.33. The molecule has 0 aliphatic heterocycles. The third-order valence-corrected chi connectivity index (χ3v) is 0.515. The van der Waals surface area contributed by atoms with E-state index in [4.69, 9.17) is 5.26 Å². The molecule has 0 atom stereocenters. The first-order valence-electron chi connectivity index (χ1n) is 1.76. The van der Waals surface area contributed by atoms with Gasteiger partial charge in [0.1, 0.15) is 9.85 Å². The minimum absolute atomic E-state index is 0. The van der Waals surface area contributed by atoms with E-state index in [9.17, 15) is 20.2 Å². The van der Waals surface area contributed by atoms with Crippen LogP contribution in [0.4, 0.5) is 0 Å². The molecule has 0 spiro atoms. The monoisotopic (exact) mass is 155 g/mol. The van der Waals surface area contributed by atoms with Crippen LogP contribution in [0.3, 0.4) is 0 Å². The van der Waals surface area contributed by atoms with Gasteiger partial charge in [0, 0.05) is 0 Å². The second-order valence-electron chi connectivity index (χ2n) is 1.07. The molecule has 0 aliphatic carbocycles. The van der Waals surface area contributed by atoms with E-state index in [1.54, 1.807) is 0 Å². The molecule has 0 unspecified atom stereocenters. The van der Waals surface area contributed by atoms with Crippen molar-refractivity contribution in [3.05, 3.63) is 20.2 Å². The summed E-state index contributed by atoms with van der Waals surface area (Å²) in [5.74, 6) is 0. The molecule has 0 saturated heterocycles. The third-order valence-electron chi connectivity index (χ3n) is 0.515. The molecule has 10 heavy (non-hydrogen) atoms. The zero-order valence-corrected chi connectivity index (χ0v) is 7.05. The molecule has 0 fully saturated rings. The summed E-state index contributed by atoms with van der Waals surface area (Å²) in [5.41, 5.74) is 0. The van der Waals surface area contributed by atoms with Gasteiger partial charge in [-0.2, -0.15) is 5.26 Å². The van der Waals surface area contributed by atoms with Crippen LogP contribution in [-0.2, 0) is 0 Å². The van der Waals surface area contributed by atoms with E-state index in [0.29, 0.717) is 0 Å². The average Bonchev–Trinajstić information content (AvgIpc) is 1.64. The Bertz CT molecular complexity index is 176. The molecule has 0 aliphatic rings. The number of nitro groups is 2. The minimum Gasteiger partial charge on any atom is -1.00 e. The molecule has 0 saturated carbocycles. The first-order chi connectivity index (χ1) is 4.09. The molecule has 0 N–H and O–H groups in total. The molecular weight excluding hydrogens is 153 g/mol. The predicted molar refractivity (Wildman–Crippen MR) is 24.5 cm³/mol. The Morgan fingerprint density at radius 3 is 1.70 bits per heavy atom. The Morgan fingerprint density at radius 1 is 1.40 bits per heavy atom. The maximum Gasteiger partial charge on any atom is 1.00 e. The maximum absolute atomic E-state index is 9.51. The SMILES string of the molecule is N#CC([N+](=O)[O-])[N+](=O)[O-].[H-].[Na+]. The summed E-state index contributed by atoms with van der Waals surface area (Å²) < 4.78 is 0. The van der Waals surface area contributed by atoms with Crippen molar-refractivity contribution in [3.8, 4) is 6.07 Å². The molecule has 0 bridgehead atoms. The van der Waals surface area contributed by atoms with Crippen LogP contribution in [0.25, 0.3) is 0 Å². The second kappa shape index (κ2) is 5.10. The Balaban J connectivity index is -0.000000320. The summed E-state index contributed by atoms with van der Waals surface area (Å²) in [5, 5.41) is 26.8. The van der Waals surface area contributed by atoms with E-state index in [-0.39, 0.29) is 31.0 Å². The van der Waals surface area contributed by atoms with Gasteiger partial charge < -0.3 is 1.43 Å². The fourth-order valence-electron chi connectivity index (χ4n) is 0.171. The van der Waals surface area contributed by atoms with Crippen molar-refractivity contribution >= 4 is 0 Å². The van der Waals surface area contributed by atoms with Crippen molar-refractivity contribution < 1.29 is 40.8 Å². The zero-order valence-electron chi connectivity index (χ0n) is 6.05. The van der Waals surface area contributed by atoms with E-state index >= 15 is 0 Å². The van der Waals surface area contributed by atoms with Gasteiger partial charge in [-0.25, -0.2) is 0 Å². The summed E-state index contributed by atoms with van der Waals surface area (Å²) in [4.78, 5) is 16.5. The van der Waals surface area contributed by atoms with Crippen LogP contribution in [-0.4, -0.2) is 16.0 Å². The number of hydrogen-bond acceptors (Lipinski definition) is 5. The Labute approximate surface area is 78.7 Å². The van der Waals surface area contributed by atoms with Gasteiger partial charge in [0.25, 0.3) is 0 Å². The van der Waals surface area contributed by atoms with Crippen LogP contribution >= 0.6 is 0 Å². The summed E-state index contributed by atoms with van der Waals surface area (Å²) in [6, 6.07) is 0.903. The van der Waals surface area contributed by atoms with E-state index < -0.39 is 16.0 Å². The Kier molecular flexibility index (Phi) is 6.13. The maximum atomic E-state index is 9.51. The van der Waals surface area contributed by atoms with E-state index in [2.05, 4.69) is 0 Å². The average molecular weight is 155 g/mol. The summed E-state index contributed by atoms with van der Waals surface area (Å²) in [7, 11) is 0. The van der Waals surface area contributed by atoms with Crippen molar-refractivity contribution in [2.75, 3.05) is 0 Å². The Hall–Kier alpha value is -0.710. The fraction of sp³-hybridized carbons (Fsp3) is 0.500. The smallest absolute Gasteiger partial charge is 1.00 e. The van der Waals surface area contributed by atoms with Crippen molar-refractivity contribution in [1.82, 2.24) is 0 Å². The van der Waals surface area contributed by atoms with Crippen molar-refractivity contribution in [2.24, 2.45) is 0 Å². The van der Waals surface area contributed by atoms with Crippen LogP contribution in [0.5, 0.6) is 0 Å². The van der Waals surface area contributed by atoms with Crippen LogP contribution in [0.1, 0.15) is 1.43 Å². The third kappa shape index (κ3) is 3.34. The molecule has 0 aromatic rings. The molecule has 0 radical (unpaired) electrons. The van der Waals surface area contributed by atoms with Gasteiger partial charge in [-0.1, -0.05) is 0 Å². The quantitative estimate of drug-likeness (QED) is 0.178. The van der Waals surface area contributed by atoms with Gasteiger partial charge >= 0.3 is 35.7 Å². The zero-order chi connectivity index (χ0) is 7.44. The topological polar surface area (TPSA) is 110 Å². The molecule has 0 aromatic carbocycles. The largest absolute Gasteiger partial charge is 1.00 e. The summed E-state index contributed by atoms with van der Waals surface area (Å²) in [6.45, 7) is 0. The first kappa shape index (κ1) is 12.0. The minimum atomic E-state index is -2.33. The second-order valence-corrected chi connectivity index (χ2v) is 1.07. The molecule has 50 valence electrons. The summed E-state index contributed by atoms with van der Waals surface area (Å²) >= 11 is 0. The Morgan fingerprint density at radius 2 is 1.70 bits per heavy atom. The molecular formula is C2H2N3NaO4. The van der Waals surface area contributed by atoms with Crippen LogP contribution in [0.15, 0.2) is 0 Å². The molecule has 0 amide bonds. The van der Waals surface area contributed by atoms with E-state index in [1.165, 1.54) is 0 Å². The van der Waals surface area contributed by atoms with Gasteiger partial charge in [-0.05, 0) is 0 Å². The van der Waals surface area contributed by atoms with Gasteiger partial charge in [0.15, 0.2) is 0 Å². The number of rotatable bonds is 2. The first-order valence-corrected chi connectivity index (χ1v) is 1.76. The molecule has 7 nitrogen and oxygen atoms in total. The van der Waals surface area contributed by atoms with Crippen molar-refractivity contribution in [1.29, 1.82) is 5.26 Å². The number of hydrogen-bond donors (Lipinski definition) is 0. The molecule has 0 heterocycles. The van der Waals surface area contributed by atoms with Crippen molar-refractivity contribution in [3.63, 3.8) is 0 Å². The molecule has 0 aromatic heterocycles. The van der Waals surface area contributed by atoms with E-state index in [1.807, 2.05) is 0 Å². The standard InChI is InChI=1S/C2HN3O4.Na.H/c3-1-2(4(6)7)5(8)9;;/h2H;;/q;+1;-1. The predicted octanol–water partition coefficient (Wildman–Crippen LogP) is -3.49. The number of nitriles is 1. The molecule has 8 heteroatoms. The van der Waals surface area contributed by atoms with Crippen LogP contribution in [0, 0.1) is 31.6 Å². The van der Waals surface area contributed by atoms with Crippen LogP contribution in [0.2, 0.25) is 0 Å².